The van der Waals surface area contributed by atoms with Gasteiger partial charge < -0.3 is 0 Å². The Morgan fingerprint density at radius 1 is 1.36 bits per heavy atom. The molecule has 0 atom stereocenters. The molecule has 11 heavy (non-hydrogen) atoms. The lowest BCUT2D eigenvalue weighted by molar-refractivity contribution is -0.120. The number of likely N-dealkylation sites (N-methyl/N-ethyl adjacent to an activating group) is 1. The fourth-order valence-corrected chi connectivity index (χ4v) is 0.850. The molecule has 0 aliphatic carbocycles. The molecule has 0 heterocycles. The molecule has 0 bridgehead atoms. The van der Waals surface area contributed by atoms with Crippen LogP contribution in [0.4, 0.5) is 0 Å². The van der Waals surface area contributed by atoms with E-state index in [4.69, 9.17) is 0 Å². The topological polar surface area (TPSA) is 31.2 Å². The van der Waals surface area contributed by atoms with Crippen LogP contribution in [0.25, 0.3) is 0 Å². The molecule has 0 spiro atoms. The van der Waals surface area contributed by atoms with E-state index in [1.54, 1.807) is 0 Å². The summed E-state index contributed by atoms with van der Waals surface area (Å²) in [6.07, 6.45) is 0.414. The minimum absolute atomic E-state index is 0.0730. The van der Waals surface area contributed by atoms with Crippen LogP contribution in [0.3, 0.4) is 0 Å². The first-order valence-electron chi connectivity index (χ1n) is 3.49. The molecule has 1 aromatic rings. The largest absolute Gasteiger partial charge is 0.273 e. The van der Waals surface area contributed by atoms with Crippen molar-refractivity contribution in [3.8, 4) is 0 Å². The summed E-state index contributed by atoms with van der Waals surface area (Å²) in [5, 5.41) is 3.54. The number of hydrogen-bond donors (Lipinski definition) is 0. The van der Waals surface area contributed by atoms with Crippen LogP contribution in [0.15, 0.2) is 30.3 Å². The van der Waals surface area contributed by atoms with Gasteiger partial charge in [-0.1, -0.05) is 30.3 Å². The van der Waals surface area contributed by atoms with Gasteiger partial charge >= 0.3 is 0 Å². The molecule has 57 valence electrons. The number of carbonyl (C=O) groups excluding carboxylic acids is 1. The van der Waals surface area contributed by atoms with Crippen LogP contribution in [0, 0.1) is 0 Å². The van der Waals surface area contributed by atoms with Crippen molar-refractivity contribution in [1.82, 2.24) is 5.32 Å². The van der Waals surface area contributed by atoms with Gasteiger partial charge in [0.05, 0.1) is 6.42 Å². The van der Waals surface area contributed by atoms with Crippen LogP contribution in [0.1, 0.15) is 5.56 Å². The number of carbonyl (C=O) groups is 1. The van der Waals surface area contributed by atoms with E-state index >= 15 is 0 Å². The molecule has 0 N–H and O–H groups in total. The van der Waals surface area contributed by atoms with Crippen molar-refractivity contribution < 1.29 is 4.79 Å². The maximum atomic E-state index is 10.8. The highest BCUT2D eigenvalue weighted by atomic mass is 16.1. The summed E-state index contributed by atoms with van der Waals surface area (Å²) in [4.78, 5) is 10.8. The van der Waals surface area contributed by atoms with Crippen LogP contribution in [-0.4, -0.2) is 13.0 Å². The smallest absolute Gasteiger partial charge is 0.245 e. The van der Waals surface area contributed by atoms with Gasteiger partial charge in [-0.15, -0.1) is 0 Å². The fraction of sp³-hybridized carbons (Fsp3) is 0.222. The molecule has 2 heteroatoms. The highest BCUT2D eigenvalue weighted by Gasteiger charge is 1.99. The van der Waals surface area contributed by atoms with Crippen LogP contribution in [0.5, 0.6) is 0 Å². The molecule has 0 saturated carbocycles. The number of rotatable bonds is 2. The second-order valence-electron chi connectivity index (χ2n) is 2.28. The Labute approximate surface area is 66.2 Å². The van der Waals surface area contributed by atoms with Gasteiger partial charge in [-0.05, 0) is 5.56 Å². The lowest BCUT2D eigenvalue weighted by atomic mass is 10.1. The number of nitrogens with zero attached hydrogens (tertiary/aromatic N) is 1. The summed E-state index contributed by atoms with van der Waals surface area (Å²) in [6.45, 7) is 0. The Hall–Kier alpha value is -1.31. The third-order valence-electron chi connectivity index (χ3n) is 1.45. The number of amides is 1. The average Bonchev–Trinajstić information content (AvgIpc) is 2.06. The summed E-state index contributed by atoms with van der Waals surface area (Å²) >= 11 is 0. The van der Waals surface area contributed by atoms with E-state index in [1.807, 2.05) is 30.3 Å². The Balaban J connectivity index is 2.58. The molecular formula is C9H10NO. The fourth-order valence-electron chi connectivity index (χ4n) is 0.850. The first-order chi connectivity index (χ1) is 5.33. The van der Waals surface area contributed by atoms with Gasteiger partial charge in [0.2, 0.25) is 5.91 Å². The lowest BCUT2D eigenvalue weighted by Crippen LogP contribution is -2.12. The highest BCUT2D eigenvalue weighted by molar-refractivity contribution is 5.77. The molecule has 0 fully saturated rings. The van der Waals surface area contributed by atoms with E-state index in [0.29, 0.717) is 6.42 Å². The van der Waals surface area contributed by atoms with Crippen molar-refractivity contribution >= 4 is 5.91 Å². The summed E-state index contributed by atoms with van der Waals surface area (Å²) in [5.41, 5.74) is 1.02. The summed E-state index contributed by atoms with van der Waals surface area (Å²) < 4.78 is 0. The Morgan fingerprint density at radius 2 is 2.00 bits per heavy atom. The molecule has 0 aliphatic rings. The van der Waals surface area contributed by atoms with Crippen molar-refractivity contribution in [2.45, 2.75) is 6.42 Å². The average molecular weight is 148 g/mol. The molecule has 1 aromatic carbocycles. The van der Waals surface area contributed by atoms with E-state index in [0.717, 1.165) is 5.56 Å². The second kappa shape index (κ2) is 3.76. The van der Waals surface area contributed by atoms with E-state index in [-0.39, 0.29) is 5.91 Å². The highest BCUT2D eigenvalue weighted by Crippen LogP contribution is 1.98. The minimum atomic E-state index is -0.0730. The standard InChI is InChI=1S/C9H10NO/c1-10-9(11)7-8-5-3-2-4-6-8/h2-6H,7H2,1H3. The summed E-state index contributed by atoms with van der Waals surface area (Å²) in [5.74, 6) is -0.0730. The Morgan fingerprint density at radius 3 is 2.55 bits per heavy atom. The van der Waals surface area contributed by atoms with Gasteiger partial charge in [0.15, 0.2) is 0 Å². The third-order valence-corrected chi connectivity index (χ3v) is 1.45. The number of hydrogen-bond acceptors (Lipinski definition) is 1. The van der Waals surface area contributed by atoms with Gasteiger partial charge in [-0.25, -0.2) is 0 Å². The zero-order valence-electron chi connectivity index (χ0n) is 6.45. The molecule has 2 nitrogen and oxygen atoms in total. The van der Waals surface area contributed by atoms with Crippen LogP contribution < -0.4 is 5.32 Å². The van der Waals surface area contributed by atoms with Crippen molar-refractivity contribution in [2.75, 3.05) is 7.05 Å². The molecule has 0 unspecified atom stereocenters. The summed E-state index contributed by atoms with van der Waals surface area (Å²) in [6, 6.07) is 9.60. The van der Waals surface area contributed by atoms with Crippen LogP contribution in [0.2, 0.25) is 0 Å². The van der Waals surface area contributed by atoms with E-state index in [1.165, 1.54) is 7.05 Å². The molecular weight excluding hydrogens is 138 g/mol. The van der Waals surface area contributed by atoms with Crippen molar-refractivity contribution in [2.24, 2.45) is 0 Å². The van der Waals surface area contributed by atoms with Crippen molar-refractivity contribution in [1.29, 1.82) is 0 Å². The van der Waals surface area contributed by atoms with E-state index in [9.17, 15) is 4.79 Å². The first kappa shape index (κ1) is 7.79. The van der Waals surface area contributed by atoms with Gasteiger partial charge in [0.1, 0.15) is 0 Å². The summed E-state index contributed by atoms with van der Waals surface area (Å²) in [7, 11) is 1.52. The van der Waals surface area contributed by atoms with Crippen LogP contribution in [-0.2, 0) is 11.2 Å². The van der Waals surface area contributed by atoms with E-state index < -0.39 is 0 Å². The van der Waals surface area contributed by atoms with Crippen molar-refractivity contribution in [3.05, 3.63) is 35.9 Å². The molecule has 1 amide bonds. The van der Waals surface area contributed by atoms with Gasteiger partial charge in [0, 0.05) is 7.05 Å². The van der Waals surface area contributed by atoms with Crippen molar-refractivity contribution in [3.63, 3.8) is 0 Å². The SMILES string of the molecule is C[N]C(=O)Cc1ccccc1. The maximum absolute atomic E-state index is 10.8. The Kier molecular flexibility index (Phi) is 2.66. The predicted octanol–water partition coefficient (Wildman–Crippen LogP) is 0.990. The second-order valence-corrected chi connectivity index (χ2v) is 2.28. The molecule has 0 saturated heterocycles. The Bertz CT molecular complexity index is 231. The maximum Gasteiger partial charge on any atom is 0.245 e. The predicted molar refractivity (Wildman–Crippen MR) is 43.2 cm³/mol. The van der Waals surface area contributed by atoms with Gasteiger partial charge in [0.25, 0.3) is 0 Å². The number of benzene rings is 1. The minimum Gasteiger partial charge on any atom is -0.273 e. The lowest BCUT2D eigenvalue weighted by Gasteiger charge is -1.96. The molecule has 1 radical (unpaired) electrons. The molecule has 1 rings (SSSR count). The van der Waals surface area contributed by atoms with E-state index in [2.05, 4.69) is 5.32 Å². The van der Waals surface area contributed by atoms with Crippen LogP contribution >= 0.6 is 0 Å². The monoisotopic (exact) mass is 148 g/mol. The third kappa shape index (κ3) is 2.42. The quantitative estimate of drug-likeness (QED) is 0.615. The normalized spacial score (nSPS) is 9.18. The zero-order valence-corrected chi connectivity index (χ0v) is 6.45. The van der Waals surface area contributed by atoms with Gasteiger partial charge in [-0.3, -0.25) is 10.1 Å². The van der Waals surface area contributed by atoms with Gasteiger partial charge in [-0.2, -0.15) is 0 Å². The molecule has 0 aromatic heterocycles. The zero-order chi connectivity index (χ0) is 8.10. The molecule has 0 aliphatic heterocycles. The first-order valence-corrected chi connectivity index (χ1v) is 3.49.